The van der Waals surface area contributed by atoms with Crippen LogP contribution >= 0.6 is 34.5 Å². The summed E-state index contributed by atoms with van der Waals surface area (Å²) in [5, 5.41) is 16.1. The van der Waals surface area contributed by atoms with Gasteiger partial charge in [-0.15, -0.1) is 11.3 Å². The minimum absolute atomic E-state index is 0.0322. The Labute approximate surface area is 202 Å². The average Bonchev–Trinajstić information content (AvgIpc) is 3.23. The summed E-state index contributed by atoms with van der Waals surface area (Å²) in [5.74, 6) is -0.0714. The summed E-state index contributed by atoms with van der Waals surface area (Å²) in [4.78, 5) is 23.2. The molecule has 10 heteroatoms. The first kappa shape index (κ1) is 22.7. The fourth-order valence-electron chi connectivity index (χ4n) is 3.00. The first-order valence-electron chi connectivity index (χ1n) is 9.58. The van der Waals surface area contributed by atoms with Gasteiger partial charge in [-0.2, -0.15) is 5.10 Å². The molecule has 3 aromatic carbocycles. The van der Waals surface area contributed by atoms with E-state index in [1.807, 2.05) is 30.3 Å². The van der Waals surface area contributed by atoms with E-state index >= 15 is 0 Å². The topological polar surface area (TPSA) is 93.8 Å². The lowest BCUT2D eigenvalue weighted by atomic mass is 10.2. The first-order chi connectivity index (χ1) is 15.9. The van der Waals surface area contributed by atoms with Crippen LogP contribution in [0.25, 0.3) is 10.1 Å². The largest absolute Gasteiger partial charge is 0.486 e. The molecule has 0 bridgehead atoms. The molecule has 166 valence electrons. The number of nitrogens with one attached hydrogen (secondary N) is 1. The van der Waals surface area contributed by atoms with Crippen molar-refractivity contribution in [2.45, 2.75) is 6.61 Å². The van der Waals surface area contributed by atoms with Gasteiger partial charge in [0.25, 0.3) is 11.6 Å². The van der Waals surface area contributed by atoms with E-state index in [4.69, 9.17) is 27.9 Å². The van der Waals surface area contributed by atoms with E-state index in [9.17, 15) is 14.9 Å². The second-order valence-corrected chi connectivity index (χ2v) is 8.78. The molecule has 0 fully saturated rings. The van der Waals surface area contributed by atoms with Gasteiger partial charge in [-0.05, 0) is 35.4 Å². The molecule has 4 aromatic rings. The van der Waals surface area contributed by atoms with Crippen molar-refractivity contribution in [2.75, 3.05) is 0 Å². The van der Waals surface area contributed by atoms with Gasteiger partial charge < -0.3 is 4.74 Å². The number of benzene rings is 3. The first-order valence-corrected chi connectivity index (χ1v) is 11.1. The summed E-state index contributed by atoms with van der Waals surface area (Å²) in [7, 11) is 0. The van der Waals surface area contributed by atoms with Crippen molar-refractivity contribution in [3.05, 3.63) is 103 Å². The Kier molecular flexibility index (Phi) is 6.88. The molecule has 0 saturated heterocycles. The van der Waals surface area contributed by atoms with Crippen molar-refractivity contribution >= 4 is 62.4 Å². The summed E-state index contributed by atoms with van der Waals surface area (Å²) < 4.78 is 6.51. The van der Waals surface area contributed by atoms with Gasteiger partial charge in [-0.1, -0.05) is 53.5 Å². The fourth-order valence-corrected chi connectivity index (χ4v) is 4.54. The van der Waals surface area contributed by atoms with Crippen LogP contribution in [0.15, 0.2) is 71.8 Å². The number of hydrogen-bond acceptors (Lipinski definition) is 6. The molecule has 33 heavy (non-hydrogen) atoms. The number of halogens is 2. The lowest BCUT2D eigenvalue weighted by Gasteiger charge is -2.11. The van der Waals surface area contributed by atoms with E-state index in [-0.39, 0.29) is 5.69 Å². The zero-order chi connectivity index (χ0) is 23.4. The lowest BCUT2D eigenvalue weighted by molar-refractivity contribution is -0.384. The molecular weight excluding hydrogens is 485 g/mol. The molecule has 0 saturated carbocycles. The maximum Gasteiger partial charge on any atom is 0.281 e. The number of carbonyl (C=O) groups excluding carboxylic acids is 1. The number of hydrogen-bond donors (Lipinski definition) is 1. The van der Waals surface area contributed by atoms with Crippen LogP contribution in [0.5, 0.6) is 5.75 Å². The number of ether oxygens (including phenoxy) is 1. The summed E-state index contributed by atoms with van der Waals surface area (Å²) in [5.41, 5.74) is 3.96. The molecule has 0 aliphatic carbocycles. The number of nitro benzene ring substituents is 1. The van der Waals surface area contributed by atoms with Gasteiger partial charge in [-0.25, -0.2) is 5.43 Å². The van der Waals surface area contributed by atoms with Crippen molar-refractivity contribution in [3.8, 4) is 5.75 Å². The smallest absolute Gasteiger partial charge is 0.281 e. The van der Waals surface area contributed by atoms with Crippen LogP contribution < -0.4 is 10.2 Å². The Hall–Kier alpha value is -3.46. The molecule has 0 aliphatic heterocycles. The van der Waals surface area contributed by atoms with Crippen LogP contribution in [-0.4, -0.2) is 17.0 Å². The van der Waals surface area contributed by atoms with E-state index in [0.29, 0.717) is 38.2 Å². The fraction of sp³-hybridized carbons (Fsp3) is 0.0435. The van der Waals surface area contributed by atoms with Gasteiger partial charge in [0.15, 0.2) is 5.75 Å². The van der Waals surface area contributed by atoms with E-state index in [1.165, 1.54) is 29.7 Å². The highest BCUT2D eigenvalue weighted by Gasteiger charge is 2.13. The van der Waals surface area contributed by atoms with Crippen molar-refractivity contribution in [1.29, 1.82) is 0 Å². The normalized spacial score (nSPS) is 11.1. The number of amides is 1. The maximum absolute atomic E-state index is 12.4. The number of non-ortho nitro benzene ring substituents is 1. The second-order valence-electron chi connectivity index (χ2n) is 6.88. The average molecular weight is 500 g/mol. The predicted molar refractivity (Wildman–Crippen MR) is 131 cm³/mol. The second kappa shape index (κ2) is 9.99. The summed E-state index contributed by atoms with van der Waals surface area (Å²) in [6.07, 6.45) is 1.41. The molecule has 1 heterocycles. The van der Waals surface area contributed by atoms with Crippen LogP contribution in [0, 0.1) is 10.1 Å². The molecule has 1 aromatic heterocycles. The minimum Gasteiger partial charge on any atom is -0.486 e. The van der Waals surface area contributed by atoms with E-state index in [2.05, 4.69) is 10.5 Å². The van der Waals surface area contributed by atoms with Gasteiger partial charge in [-0.3, -0.25) is 14.9 Å². The third-order valence-electron chi connectivity index (χ3n) is 4.56. The van der Waals surface area contributed by atoms with Crippen LogP contribution in [0.2, 0.25) is 10.0 Å². The Bertz CT molecular complexity index is 1350. The quantitative estimate of drug-likeness (QED) is 0.179. The van der Waals surface area contributed by atoms with Crippen molar-refractivity contribution in [3.63, 3.8) is 0 Å². The predicted octanol–water partition coefficient (Wildman–Crippen LogP) is 6.46. The van der Waals surface area contributed by atoms with Gasteiger partial charge >= 0.3 is 0 Å². The van der Waals surface area contributed by atoms with Crippen molar-refractivity contribution < 1.29 is 14.5 Å². The molecule has 0 unspecified atom stereocenters. The molecule has 0 spiro atoms. The Morgan fingerprint density at radius 2 is 1.82 bits per heavy atom. The molecule has 0 atom stereocenters. The number of nitro groups is 1. The number of fused-ring (bicyclic) bond motifs is 1. The number of carbonyl (C=O) groups is 1. The molecule has 0 radical (unpaired) electrons. The van der Waals surface area contributed by atoms with Crippen molar-refractivity contribution in [2.24, 2.45) is 5.10 Å². The minimum atomic E-state index is -0.477. The van der Waals surface area contributed by atoms with Crippen LogP contribution in [0.4, 0.5) is 5.69 Å². The summed E-state index contributed by atoms with van der Waals surface area (Å²) in [6, 6.07) is 18.9. The van der Waals surface area contributed by atoms with Crippen LogP contribution in [-0.2, 0) is 6.61 Å². The van der Waals surface area contributed by atoms with Gasteiger partial charge in [0.1, 0.15) is 6.61 Å². The highest BCUT2D eigenvalue weighted by Crippen LogP contribution is 2.34. The highest BCUT2D eigenvalue weighted by molar-refractivity contribution is 7.20. The molecule has 0 aliphatic rings. The van der Waals surface area contributed by atoms with Gasteiger partial charge in [0.05, 0.1) is 26.1 Å². The summed E-state index contributed by atoms with van der Waals surface area (Å²) in [6.45, 7) is 0.322. The standard InChI is InChI=1S/C23H15Cl2N3O4S/c24-18-8-15(9-19(25)22(18)32-13-14-4-2-1-3-5-14)12-26-27-23(29)21-11-16-10-17(28(30)31)6-7-20(16)33-21/h1-12H,13H2,(H,27,29)/b26-12-. The van der Waals surface area contributed by atoms with E-state index in [1.54, 1.807) is 24.3 Å². The number of nitrogens with zero attached hydrogens (tertiary/aromatic N) is 2. The van der Waals surface area contributed by atoms with Gasteiger partial charge in [0, 0.05) is 22.2 Å². The van der Waals surface area contributed by atoms with Crippen molar-refractivity contribution in [1.82, 2.24) is 5.43 Å². The Morgan fingerprint density at radius 1 is 1.09 bits per heavy atom. The molecular formula is C23H15Cl2N3O4S. The number of hydrazone groups is 1. The highest BCUT2D eigenvalue weighted by atomic mass is 35.5. The van der Waals surface area contributed by atoms with Crippen LogP contribution in [0.1, 0.15) is 20.8 Å². The summed E-state index contributed by atoms with van der Waals surface area (Å²) >= 11 is 13.8. The molecule has 1 amide bonds. The van der Waals surface area contributed by atoms with E-state index in [0.717, 1.165) is 10.3 Å². The molecule has 7 nitrogen and oxygen atoms in total. The SMILES string of the molecule is O=C(N/N=C\c1cc(Cl)c(OCc2ccccc2)c(Cl)c1)c1cc2cc([N+](=O)[O-])ccc2s1. The molecule has 4 rings (SSSR count). The Morgan fingerprint density at radius 3 is 2.52 bits per heavy atom. The lowest BCUT2D eigenvalue weighted by Crippen LogP contribution is -2.16. The number of rotatable bonds is 7. The third kappa shape index (κ3) is 5.48. The third-order valence-corrected chi connectivity index (χ3v) is 6.24. The monoisotopic (exact) mass is 499 g/mol. The van der Waals surface area contributed by atoms with Gasteiger partial charge in [0.2, 0.25) is 0 Å². The number of thiophene rings is 1. The maximum atomic E-state index is 12.4. The Balaban J connectivity index is 1.42. The molecule has 1 N–H and O–H groups in total. The van der Waals surface area contributed by atoms with Crippen LogP contribution in [0.3, 0.4) is 0 Å². The zero-order valence-corrected chi connectivity index (χ0v) is 19.2. The van der Waals surface area contributed by atoms with E-state index < -0.39 is 10.8 Å². The zero-order valence-electron chi connectivity index (χ0n) is 16.8.